The van der Waals surface area contributed by atoms with Crippen molar-refractivity contribution in [1.29, 1.82) is 0 Å². The molecule has 0 aliphatic rings. The van der Waals surface area contributed by atoms with Crippen molar-refractivity contribution in [3.8, 4) is 44.5 Å². The van der Waals surface area contributed by atoms with Crippen molar-refractivity contribution < 1.29 is 26.4 Å². The van der Waals surface area contributed by atoms with E-state index in [1.807, 2.05) is 184 Å². The van der Waals surface area contributed by atoms with Gasteiger partial charge >= 0.3 is 0 Å². The minimum Gasteiger partial charge on any atom is -0.343 e. The van der Waals surface area contributed by atoms with Gasteiger partial charge in [-0.25, -0.2) is 26.3 Å². The van der Waals surface area contributed by atoms with E-state index in [4.69, 9.17) is 8.75 Å². The number of fused-ring (bicyclic) bond motifs is 3. The summed E-state index contributed by atoms with van der Waals surface area (Å²) in [7, 11) is -8.11. The lowest BCUT2D eigenvalue weighted by atomic mass is 9.88. The third-order valence-corrected chi connectivity index (χ3v) is 21.3. The fourth-order valence-corrected chi connectivity index (χ4v) is 15.9. The Morgan fingerprint density at radius 3 is 0.959 bits per heavy atom. The van der Waals surface area contributed by atoms with Crippen molar-refractivity contribution in [3.05, 3.63) is 348 Å². The molecule has 15 heteroatoms. The third-order valence-electron chi connectivity index (χ3n) is 17.8. The summed E-state index contributed by atoms with van der Waals surface area (Å²) in [5.74, 6) is -0.755. The van der Waals surface area contributed by atoms with Gasteiger partial charge in [-0.3, -0.25) is 9.59 Å². The highest BCUT2D eigenvalue weighted by molar-refractivity contribution is 7.89. The van der Waals surface area contributed by atoms with Crippen molar-refractivity contribution in [1.82, 2.24) is 28.8 Å². The van der Waals surface area contributed by atoms with Gasteiger partial charge in [0.05, 0.1) is 45.7 Å². The Morgan fingerprint density at radius 2 is 0.629 bits per heavy atom. The Balaban J connectivity index is 0.758. The first-order valence-corrected chi connectivity index (χ1v) is 35.4. The highest BCUT2D eigenvalue weighted by atomic mass is 32.2. The Hall–Kier alpha value is -11.0. The monoisotopic (exact) mass is 1320 g/mol. The molecule has 0 radical (unpaired) electrons. The first kappa shape index (κ1) is 63.4. The van der Waals surface area contributed by atoms with Crippen LogP contribution in [0.25, 0.3) is 77.1 Å². The predicted molar refractivity (Wildman–Crippen MR) is 389 cm³/mol. The predicted octanol–water partition coefficient (Wildman–Crippen LogP) is 17.7. The van der Waals surface area contributed by atoms with Crippen LogP contribution in [0.5, 0.6) is 0 Å². The van der Waals surface area contributed by atoms with Crippen LogP contribution in [-0.4, -0.2) is 37.4 Å². The summed E-state index contributed by atoms with van der Waals surface area (Å²) in [5, 5.41) is 10.5. The lowest BCUT2D eigenvalue weighted by Gasteiger charge is -2.30. The first-order valence-electron chi connectivity index (χ1n) is 31.7. The van der Waals surface area contributed by atoms with Crippen LogP contribution in [0.3, 0.4) is 0 Å². The summed E-state index contributed by atoms with van der Waals surface area (Å²) in [6.45, 7) is 3.80. The maximum atomic E-state index is 14.6. The number of carbonyl (C=O) groups is 2. The number of sulfonamides is 2. The lowest BCUT2D eigenvalue weighted by molar-refractivity contribution is 0.0921. The normalized spacial score (nSPS) is 13.0. The minimum atomic E-state index is -4.05. The maximum Gasteiger partial charge on any atom is 0.251 e. The van der Waals surface area contributed by atoms with Gasteiger partial charge < -0.3 is 10.6 Å². The second-order valence-corrected chi connectivity index (χ2v) is 28.0. The van der Waals surface area contributed by atoms with Gasteiger partial charge in [-0.15, -0.1) is 0 Å². The zero-order valence-electron chi connectivity index (χ0n) is 52.7. The molecule has 12 nitrogen and oxygen atoms in total. The van der Waals surface area contributed by atoms with E-state index in [9.17, 15) is 26.4 Å². The zero-order chi connectivity index (χ0) is 66.6. The fourth-order valence-electron chi connectivity index (χ4n) is 12.9. The number of amides is 2. The van der Waals surface area contributed by atoms with Crippen LogP contribution >= 0.6 is 11.7 Å². The van der Waals surface area contributed by atoms with E-state index in [1.165, 1.54) is 0 Å². The van der Waals surface area contributed by atoms with Crippen LogP contribution in [0, 0.1) is 13.8 Å². The van der Waals surface area contributed by atoms with Gasteiger partial charge in [0.25, 0.3) is 11.8 Å². The van der Waals surface area contributed by atoms with E-state index in [0.29, 0.717) is 22.3 Å². The van der Waals surface area contributed by atoms with Crippen LogP contribution in [0.15, 0.2) is 313 Å². The van der Waals surface area contributed by atoms with Crippen LogP contribution in [-0.2, 0) is 20.0 Å². The number of benzene rings is 13. The summed E-state index contributed by atoms with van der Waals surface area (Å²) in [5.41, 5.74) is 14.3. The van der Waals surface area contributed by atoms with Gasteiger partial charge in [0, 0.05) is 22.3 Å². The summed E-state index contributed by atoms with van der Waals surface area (Å²) in [6.07, 6.45) is 0. The van der Waals surface area contributed by atoms with Gasteiger partial charge in [-0.05, 0) is 140 Å². The van der Waals surface area contributed by atoms with Gasteiger partial charge in [0.1, 0.15) is 11.0 Å². The number of nitrogens with zero attached hydrogens (tertiary/aromatic N) is 2. The van der Waals surface area contributed by atoms with E-state index >= 15 is 0 Å². The molecule has 0 saturated carbocycles. The summed E-state index contributed by atoms with van der Waals surface area (Å²) < 4.78 is 72.4. The van der Waals surface area contributed by atoms with E-state index in [-0.39, 0.29) is 21.6 Å². The molecule has 4 N–H and O–H groups in total. The molecule has 0 bridgehead atoms. The van der Waals surface area contributed by atoms with Gasteiger partial charge in [-0.2, -0.15) is 8.75 Å². The molecular weight excluding hydrogens is 1260 g/mol. The molecule has 1 heterocycles. The van der Waals surface area contributed by atoms with Gasteiger partial charge in [0.2, 0.25) is 20.0 Å². The van der Waals surface area contributed by atoms with Gasteiger partial charge in [0.15, 0.2) is 0 Å². The molecule has 0 aliphatic heterocycles. The van der Waals surface area contributed by atoms with E-state index < -0.39 is 44.2 Å². The lowest BCUT2D eigenvalue weighted by Crippen LogP contribution is -2.40. The molecule has 0 saturated heterocycles. The molecule has 1 aromatic heterocycles. The summed E-state index contributed by atoms with van der Waals surface area (Å²) >= 11 is 1.16. The fraction of sp³-hybridized carbons (Fsp3) is 0.0732. The highest BCUT2D eigenvalue weighted by Crippen LogP contribution is 2.44. The maximum absolute atomic E-state index is 14.6. The summed E-state index contributed by atoms with van der Waals surface area (Å²) in [4.78, 5) is 29.5. The van der Waals surface area contributed by atoms with Crippen LogP contribution in [0.4, 0.5) is 0 Å². The number of aryl methyl sites for hydroxylation is 2. The smallest absolute Gasteiger partial charge is 0.251 e. The molecule has 13 aromatic carbocycles. The number of hydrogen-bond donors (Lipinski definition) is 4. The Labute approximate surface area is 567 Å². The third kappa shape index (κ3) is 13.3. The molecule has 0 aliphatic carbocycles. The van der Waals surface area contributed by atoms with Crippen molar-refractivity contribution in [3.63, 3.8) is 0 Å². The highest BCUT2D eigenvalue weighted by Gasteiger charge is 2.34. The second-order valence-electron chi connectivity index (χ2n) is 24.1. The van der Waals surface area contributed by atoms with Crippen molar-refractivity contribution in [2.45, 2.75) is 47.8 Å². The molecular formula is C82H64N6O6S3. The van der Waals surface area contributed by atoms with Gasteiger partial charge in [-0.1, -0.05) is 266 Å². The average Bonchev–Trinajstić information content (AvgIpc) is 1.74. The topological polar surface area (TPSA) is 176 Å². The number of nitrogens with one attached hydrogen (secondary N) is 4. The standard InChI is InChI=1S/C82H64N6O6S3/c1-53-35-47-65(48-36-53)96(91,92)87-77(61-23-11-5-12-24-61)75(59-19-7-3-8-20-59)83-81(89)63-43-39-55(40-44-63)67-31-15-27-57-29-17-33-69(73(57)67)71-51-52-72(80-79(71)85-95-86-80)70-34-18-30-58-28-16-32-68(74(58)70)56-41-45-64(46-42-56)82(90)84-76(60-21-9-4-10-22-60)78(62-25-13-6-14-26-62)88-97(93,94)66-49-37-54(2)38-50-66/h3-52,75-78,87-88H,1-2H3,(H,83,89)(H,84,90)/t75-,76-,77-,78-/m1/s1. The SMILES string of the molecule is Cc1ccc(S(=O)(=O)N[C@H](c2ccccc2)[C@H](NC(=O)c2ccc(-c3cccc4cccc(-c5ccc(-c6cccc7cccc(-c8ccc(C(=O)N[C@H](c9ccccc9)[C@H](NS(=O)(=O)c9ccc(C)cc9)c9ccccc9)cc8)c67)c6nsnc56)c34)cc2)c2ccccc2)cc1. The number of aromatic nitrogens is 2. The number of hydrogen-bond acceptors (Lipinski definition) is 9. The molecule has 4 atom stereocenters. The molecule has 476 valence electrons. The quantitative estimate of drug-likeness (QED) is 0.0583. The molecule has 97 heavy (non-hydrogen) atoms. The van der Waals surface area contributed by atoms with Crippen LogP contribution < -0.4 is 20.1 Å². The van der Waals surface area contributed by atoms with Crippen molar-refractivity contribution in [2.75, 3.05) is 0 Å². The van der Waals surface area contributed by atoms with E-state index in [1.54, 1.807) is 72.8 Å². The zero-order valence-corrected chi connectivity index (χ0v) is 55.2. The molecule has 0 unspecified atom stereocenters. The average molecular weight is 1330 g/mol. The molecule has 14 aromatic rings. The van der Waals surface area contributed by atoms with E-state index in [0.717, 1.165) is 111 Å². The van der Waals surface area contributed by atoms with E-state index in [2.05, 4.69) is 80.7 Å². The Morgan fingerprint density at radius 1 is 0.320 bits per heavy atom. The summed E-state index contributed by atoms with van der Waals surface area (Å²) in [6, 6.07) is 91.5. The molecule has 14 rings (SSSR count). The minimum absolute atomic E-state index is 0.119. The number of rotatable bonds is 20. The Kier molecular flexibility index (Phi) is 17.9. The Bertz CT molecular complexity index is 5090. The largest absolute Gasteiger partial charge is 0.343 e. The second kappa shape index (κ2) is 27.4. The van der Waals surface area contributed by atoms with Crippen LogP contribution in [0.2, 0.25) is 0 Å². The van der Waals surface area contributed by atoms with Crippen molar-refractivity contribution >= 4 is 76.2 Å². The number of carbonyl (C=O) groups excluding carboxylic acids is 2. The molecule has 2 amide bonds. The van der Waals surface area contributed by atoms with Crippen LogP contribution in [0.1, 0.15) is 78.3 Å². The van der Waals surface area contributed by atoms with Crippen molar-refractivity contribution in [2.24, 2.45) is 0 Å². The molecule has 0 fully saturated rings. The molecule has 0 spiro atoms. The first-order chi connectivity index (χ1) is 47.2.